The van der Waals surface area contributed by atoms with Crippen molar-refractivity contribution in [2.24, 2.45) is 0 Å². The fourth-order valence-corrected chi connectivity index (χ4v) is 1.82. The summed E-state index contributed by atoms with van der Waals surface area (Å²) in [6.45, 7) is 5.41. The number of halogens is 2. The van der Waals surface area contributed by atoms with E-state index >= 15 is 0 Å². The number of carbonyl (C=O) groups is 1. The Labute approximate surface area is 112 Å². The van der Waals surface area contributed by atoms with Gasteiger partial charge in [-0.1, -0.05) is 13.8 Å². The monoisotopic (exact) mass is 270 g/mol. The Morgan fingerprint density at radius 3 is 2.37 bits per heavy atom. The van der Waals surface area contributed by atoms with E-state index in [-0.39, 0.29) is 18.1 Å². The zero-order valence-corrected chi connectivity index (χ0v) is 11.4. The average Bonchev–Trinajstić information content (AvgIpc) is 2.37. The summed E-state index contributed by atoms with van der Waals surface area (Å²) in [5.41, 5.74) is 0.141. The third-order valence-corrected chi connectivity index (χ3v) is 2.70. The summed E-state index contributed by atoms with van der Waals surface area (Å²) in [5, 5.41) is 2.70. The molecule has 0 fully saturated rings. The second kappa shape index (κ2) is 7.71. The van der Waals surface area contributed by atoms with Gasteiger partial charge in [0.05, 0.1) is 12.2 Å². The molecule has 1 N–H and O–H groups in total. The van der Waals surface area contributed by atoms with Gasteiger partial charge in [-0.25, -0.2) is 8.78 Å². The first kappa shape index (κ1) is 15.4. The number of amides is 1. The fraction of sp³-hybridized carbons (Fsp3) is 0.500. The molecule has 0 aliphatic rings. The van der Waals surface area contributed by atoms with Crippen LogP contribution in [0.5, 0.6) is 0 Å². The highest BCUT2D eigenvalue weighted by molar-refractivity contribution is 5.80. The van der Waals surface area contributed by atoms with Crippen LogP contribution < -0.4 is 5.32 Å². The van der Waals surface area contributed by atoms with Crippen LogP contribution in [0.4, 0.5) is 14.5 Å². The average molecular weight is 270 g/mol. The van der Waals surface area contributed by atoms with E-state index in [1.165, 1.54) is 6.07 Å². The van der Waals surface area contributed by atoms with Crippen molar-refractivity contribution in [3.8, 4) is 0 Å². The third kappa shape index (κ3) is 4.85. The molecule has 19 heavy (non-hydrogen) atoms. The zero-order valence-electron chi connectivity index (χ0n) is 11.4. The lowest BCUT2D eigenvalue weighted by Gasteiger charge is -2.21. The molecule has 0 radical (unpaired) electrons. The summed E-state index contributed by atoms with van der Waals surface area (Å²) in [7, 11) is 0. The van der Waals surface area contributed by atoms with Gasteiger partial charge in [-0.2, -0.15) is 0 Å². The fourth-order valence-electron chi connectivity index (χ4n) is 1.82. The number of benzene rings is 1. The van der Waals surface area contributed by atoms with E-state index in [1.54, 1.807) is 4.90 Å². The number of hydrogen-bond acceptors (Lipinski definition) is 2. The Kier molecular flexibility index (Phi) is 6.25. The van der Waals surface area contributed by atoms with Crippen LogP contribution in [-0.4, -0.2) is 30.4 Å². The third-order valence-electron chi connectivity index (χ3n) is 2.70. The van der Waals surface area contributed by atoms with E-state index in [0.717, 1.165) is 25.0 Å². The van der Waals surface area contributed by atoms with Crippen molar-refractivity contribution in [1.82, 2.24) is 4.90 Å². The first-order chi connectivity index (χ1) is 9.08. The second-order valence-electron chi connectivity index (χ2n) is 4.36. The second-order valence-corrected chi connectivity index (χ2v) is 4.36. The van der Waals surface area contributed by atoms with Crippen molar-refractivity contribution < 1.29 is 13.6 Å². The van der Waals surface area contributed by atoms with Crippen LogP contribution in [0.25, 0.3) is 0 Å². The smallest absolute Gasteiger partial charge is 0.241 e. The van der Waals surface area contributed by atoms with Gasteiger partial charge in [0.15, 0.2) is 0 Å². The first-order valence-electron chi connectivity index (χ1n) is 6.55. The first-order valence-corrected chi connectivity index (χ1v) is 6.55. The van der Waals surface area contributed by atoms with Crippen LogP contribution in [0.15, 0.2) is 18.2 Å². The molecule has 0 aliphatic carbocycles. The molecule has 106 valence electrons. The largest absolute Gasteiger partial charge is 0.374 e. The Bertz CT molecular complexity index is 418. The van der Waals surface area contributed by atoms with Gasteiger partial charge in [0.25, 0.3) is 0 Å². The van der Waals surface area contributed by atoms with Crippen LogP contribution in [0.3, 0.4) is 0 Å². The minimum absolute atomic E-state index is 0.0164. The van der Waals surface area contributed by atoms with Crippen molar-refractivity contribution in [3.63, 3.8) is 0 Å². The molecule has 0 unspecified atom stereocenters. The Morgan fingerprint density at radius 1 is 1.21 bits per heavy atom. The van der Waals surface area contributed by atoms with Crippen molar-refractivity contribution in [2.45, 2.75) is 26.7 Å². The van der Waals surface area contributed by atoms with Crippen molar-refractivity contribution in [1.29, 1.82) is 0 Å². The van der Waals surface area contributed by atoms with Crippen LogP contribution in [0.1, 0.15) is 26.7 Å². The molecule has 0 saturated carbocycles. The number of nitrogens with one attached hydrogen (secondary N) is 1. The van der Waals surface area contributed by atoms with E-state index in [0.29, 0.717) is 13.1 Å². The van der Waals surface area contributed by atoms with Gasteiger partial charge in [0.1, 0.15) is 11.6 Å². The Balaban J connectivity index is 2.56. The van der Waals surface area contributed by atoms with Gasteiger partial charge in [-0.15, -0.1) is 0 Å². The van der Waals surface area contributed by atoms with E-state index in [4.69, 9.17) is 0 Å². The van der Waals surface area contributed by atoms with E-state index in [9.17, 15) is 13.6 Å². The minimum atomic E-state index is -0.690. The summed E-state index contributed by atoms with van der Waals surface area (Å²) < 4.78 is 26.1. The number of hydrogen-bond donors (Lipinski definition) is 1. The Morgan fingerprint density at radius 2 is 1.84 bits per heavy atom. The summed E-state index contributed by atoms with van der Waals surface area (Å²) in [6, 6.07) is 3.25. The lowest BCUT2D eigenvalue weighted by Crippen LogP contribution is -2.36. The normalized spacial score (nSPS) is 10.3. The van der Waals surface area contributed by atoms with Crippen LogP contribution in [0.2, 0.25) is 0 Å². The van der Waals surface area contributed by atoms with Crippen molar-refractivity contribution in [2.75, 3.05) is 25.0 Å². The number of carbonyl (C=O) groups excluding carboxylic acids is 1. The minimum Gasteiger partial charge on any atom is -0.374 e. The lowest BCUT2D eigenvalue weighted by atomic mass is 10.3. The summed E-state index contributed by atoms with van der Waals surface area (Å²) in [4.78, 5) is 13.7. The summed E-state index contributed by atoms with van der Waals surface area (Å²) in [6.07, 6.45) is 1.77. The molecule has 0 heterocycles. The topological polar surface area (TPSA) is 32.3 Å². The van der Waals surface area contributed by atoms with Crippen molar-refractivity contribution >= 4 is 11.6 Å². The molecular weight excluding hydrogens is 250 g/mol. The highest BCUT2D eigenvalue weighted by Gasteiger charge is 2.12. The molecule has 0 spiro atoms. The van der Waals surface area contributed by atoms with Gasteiger partial charge in [0.2, 0.25) is 5.91 Å². The van der Waals surface area contributed by atoms with E-state index in [1.807, 2.05) is 13.8 Å². The van der Waals surface area contributed by atoms with Crippen molar-refractivity contribution in [3.05, 3.63) is 29.8 Å². The van der Waals surface area contributed by atoms with Gasteiger partial charge in [-0.3, -0.25) is 4.79 Å². The van der Waals surface area contributed by atoms with E-state index in [2.05, 4.69) is 5.32 Å². The lowest BCUT2D eigenvalue weighted by molar-refractivity contribution is -0.129. The molecule has 1 amide bonds. The summed E-state index contributed by atoms with van der Waals surface area (Å²) >= 11 is 0. The quantitative estimate of drug-likeness (QED) is 0.826. The van der Waals surface area contributed by atoms with Gasteiger partial charge in [0, 0.05) is 19.2 Å². The number of rotatable bonds is 7. The number of anilines is 1. The zero-order chi connectivity index (χ0) is 14.3. The van der Waals surface area contributed by atoms with Gasteiger partial charge in [-0.05, 0) is 25.0 Å². The molecule has 5 heteroatoms. The molecule has 3 nitrogen and oxygen atoms in total. The maximum Gasteiger partial charge on any atom is 0.241 e. The predicted octanol–water partition coefficient (Wildman–Crippen LogP) is 3.03. The molecule has 0 saturated heterocycles. The maximum atomic E-state index is 13.4. The number of nitrogens with zero attached hydrogens (tertiary/aromatic N) is 1. The molecule has 0 aromatic heterocycles. The van der Waals surface area contributed by atoms with E-state index < -0.39 is 11.6 Å². The Hall–Kier alpha value is -1.65. The molecule has 1 aromatic carbocycles. The maximum absolute atomic E-state index is 13.4. The van der Waals surface area contributed by atoms with Gasteiger partial charge < -0.3 is 10.2 Å². The standard InChI is InChI=1S/C14H20F2N2O/c1-3-7-18(8-4-2)14(19)10-17-13-6-5-11(15)9-12(13)16/h5-6,9,17H,3-4,7-8,10H2,1-2H3. The van der Waals surface area contributed by atoms with Crippen LogP contribution in [-0.2, 0) is 4.79 Å². The van der Waals surface area contributed by atoms with Crippen LogP contribution >= 0.6 is 0 Å². The molecular formula is C14H20F2N2O. The highest BCUT2D eigenvalue weighted by atomic mass is 19.1. The van der Waals surface area contributed by atoms with Gasteiger partial charge >= 0.3 is 0 Å². The molecule has 1 aromatic rings. The van der Waals surface area contributed by atoms with Crippen LogP contribution in [0, 0.1) is 11.6 Å². The summed E-state index contributed by atoms with van der Waals surface area (Å²) in [5.74, 6) is -1.40. The SMILES string of the molecule is CCCN(CCC)C(=O)CNc1ccc(F)cc1F. The predicted molar refractivity (Wildman–Crippen MR) is 72.0 cm³/mol. The molecule has 1 rings (SSSR count). The molecule has 0 aliphatic heterocycles. The molecule has 0 atom stereocenters. The molecule has 0 bridgehead atoms. The highest BCUT2D eigenvalue weighted by Crippen LogP contribution is 2.14.